The van der Waals surface area contributed by atoms with Crippen LogP contribution in [0.1, 0.15) is 31.4 Å². The third-order valence-corrected chi connectivity index (χ3v) is 2.41. The van der Waals surface area contributed by atoms with Gasteiger partial charge in [0.1, 0.15) is 6.61 Å². The summed E-state index contributed by atoms with van der Waals surface area (Å²) in [7, 11) is 0. The monoisotopic (exact) mass is 245 g/mol. The minimum Gasteiger partial charge on any atom is -0.384 e. The number of aliphatic hydroxyl groups excluding tert-OH is 1. The number of carbonyl (C=O) groups is 1. The normalized spacial score (nSPS) is 9.83. The number of hydrogen-bond donors (Lipinski definition) is 2. The van der Waals surface area contributed by atoms with Crippen LogP contribution >= 0.6 is 0 Å². The van der Waals surface area contributed by atoms with E-state index in [9.17, 15) is 4.79 Å². The van der Waals surface area contributed by atoms with E-state index in [0.717, 1.165) is 16.8 Å². The Bertz CT molecular complexity index is 481. The van der Waals surface area contributed by atoms with Crippen LogP contribution in [0.15, 0.2) is 18.2 Å². The molecular weight excluding hydrogens is 226 g/mol. The van der Waals surface area contributed by atoms with E-state index in [1.807, 2.05) is 39.0 Å². The average molecular weight is 245 g/mol. The third-order valence-electron chi connectivity index (χ3n) is 2.41. The summed E-state index contributed by atoms with van der Waals surface area (Å²) >= 11 is 0. The Morgan fingerprint density at radius 3 is 2.72 bits per heavy atom. The van der Waals surface area contributed by atoms with Crippen molar-refractivity contribution in [3.8, 4) is 11.8 Å². The fourth-order valence-corrected chi connectivity index (χ4v) is 1.60. The molecule has 0 aliphatic rings. The summed E-state index contributed by atoms with van der Waals surface area (Å²) < 4.78 is 0. The van der Waals surface area contributed by atoms with Gasteiger partial charge in [0, 0.05) is 17.7 Å². The SMILES string of the molecule is Cc1cc(C#CCO)ccc1NC(=O)CC(C)C. The zero-order valence-corrected chi connectivity index (χ0v) is 11.1. The van der Waals surface area contributed by atoms with E-state index in [2.05, 4.69) is 17.2 Å². The molecule has 0 aromatic heterocycles. The molecule has 0 unspecified atom stereocenters. The van der Waals surface area contributed by atoms with Gasteiger partial charge in [0.2, 0.25) is 5.91 Å². The van der Waals surface area contributed by atoms with Crippen molar-refractivity contribution in [2.24, 2.45) is 5.92 Å². The summed E-state index contributed by atoms with van der Waals surface area (Å²) in [4.78, 5) is 11.7. The van der Waals surface area contributed by atoms with Gasteiger partial charge in [-0.1, -0.05) is 25.7 Å². The lowest BCUT2D eigenvalue weighted by Crippen LogP contribution is -2.14. The summed E-state index contributed by atoms with van der Waals surface area (Å²) in [5, 5.41) is 11.5. The first-order chi connectivity index (χ1) is 8.52. The molecule has 18 heavy (non-hydrogen) atoms. The van der Waals surface area contributed by atoms with Gasteiger partial charge in [-0.2, -0.15) is 0 Å². The molecule has 1 rings (SSSR count). The zero-order chi connectivity index (χ0) is 13.5. The number of hydrogen-bond acceptors (Lipinski definition) is 2. The van der Waals surface area contributed by atoms with Crippen molar-refractivity contribution < 1.29 is 9.90 Å². The maximum absolute atomic E-state index is 11.7. The molecule has 0 saturated heterocycles. The lowest BCUT2D eigenvalue weighted by Gasteiger charge is -2.10. The Morgan fingerprint density at radius 1 is 1.44 bits per heavy atom. The van der Waals surface area contributed by atoms with Gasteiger partial charge >= 0.3 is 0 Å². The van der Waals surface area contributed by atoms with Crippen LogP contribution in [-0.2, 0) is 4.79 Å². The van der Waals surface area contributed by atoms with E-state index >= 15 is 0 Å². The van der Waals surface area contributed by atoms with E-state index < -0.39 is 0 Å². The van der Waals surface area contributed by atoms with Crippen LogP contribution in [0.5, 0.6) is 0 Å². The lowest BCUT2D eigenvalue weighted by molar-refractivity contribution is -0.116. The van der Waals surface area contributed by atoms with Crippen LogP contribution in [0.25, 0.3) is 0 Å². The molecule has 2 N–H and O–H groups in total. The van der Waals surface area contributed by atoms with E-state index in [4.69, 9.17) is 5.11 Å². The highest BCUT2D eigenvalue weighted by Gasteiger charge is 2.06. The van der Waals surface area contributed by atoms with E-state index in [0.29, 0.717) is 12.3 Å². The number of carbonyl (C=O) groups excluding carboxylic acids is 1. The first-order valence-electron chi connectivity index (χ1n) is 6.03. The standard InChI is InChI=1S/C15H19NO2/c1-11(2)9-15(18)16-14-7-6-13(5-4-8-17)10-12(14)3/h6-7,10-11,17H,8-9H2,1-3H3,(H,16,18). The number of anilines is 1. The molecule has 96 valence electrons. The summed E-state index contributed by atoms with van der Waals surface area (Å²) in [6.45, 7) is 5.81. The topological polar surface area (TPSA) is 49.3 Å². The van der Waals surface area contributed by atoms with Gasteiger partial charge in [-0.05, 0) is 36.6 Å². The predicted molar refractivity (Wildman–Crippen MR) is 73.2 cm³/mol. The van der Waals surface area contributed by atoms with Crippen molar-refractivity contribution in [2.75, 3.05) is 11.9 Å². The first kappa shape index (κ1) is 14.3. The van der Waals surface area contributed by atoms with Crippen molar-refractivity contribution in [3.05, 3.63) is 29.3 Å². The highest BCUT2D eigenvalue weighted by Crippen LogP contribution is 2.17. The molecule has 0 heterocycles. The molecule has 0 atom stereocenters. The fourth-order valence-electron chi connectivity index (χ4n) is 1.60. The minimum absolute atomic E-state index is 0.0299. The number of amides is 1. The number of aliphatic hydroxyl groups is 1. The Labute approximate surface area is 108 Å². The number of benzene rings is 1. The molecule has 0 spiro atoms. The average Bonchev–Trinajstić information content (AvgIpc) is 2.28. The van der Waals surface area contributed by atoms with Gasteiger partial charge in [-0.15, -0.1) is 0 Å². The van der Waals surface area contributed by atoms with Crippen LogP contribution in [0.4, 0.5) is 5.69 Å². The number of rotatable bonds is 3. The van der Waals surface area contributed by atoms with Crippen molar-refractivity contribution >= 4 is 11.6 Å². The second kappa shape index (κ2) is 6.83. The molecule has 1 aromatic carbocycles. The molecule has 0 fully saturated rings. The van der Waals surface area contributed by atoms with Gasteiger partial charge in [0.05, 0.1) is 0 Å². The largest absolute Gasteiger partial charge is 0.384 e. The molecule has 0 radical (unpaired) electrons. The Hall–Kier alpha value is -1.79. The van der Waals surface area contributed by atoms with E-state index in [-0.39, 0.29) is 12.5 Å². The van der Waals surface area contributed by atoms with Gasteiger partial charge in [0.15, 0.2) is 0 Å². The van der Waals surface area contributed by atoms with Crippen LogP contribution in [-0.4, -0.2) is 17.6 Å². The molecule has 0 saturated carbocycles. The Kier molecular flexibility index (Phi) is 5.41. The van der Waals surface area contributed by atoms with Crippen molar-refractivity contribution in [2.45, 2.75) is 27.2 Å². The zero-order valence-electron chi connectivity index (χ0n) is 11.1. The molecule has 3 nitrogen and oxygen atoms in total. The van der Waals surface area contributed by atoms with Crippen LogP contribution < -0.4 is 5.32 Å². The van der Waals surface area contributed by atoms with Crippen LogP contribution in [0.3, 0.4) is 0 Å². The van der Waals surface area contributed by atoms with Crippen LogP contribution in [0.2, 0.25) is 0 Å². The summed E-state index contributed by atoms with van der Waals surface area (Å²) in [6, 6.07) is 5.57. The highest BCUT2D eigenvalue weighted by molar-refractivity contribution is 5.91. The minimum atomic E-state index is -0.147. The van der Waals surface area contributed by atoms with Crippen molar-refractivity contribution in [3.63, 3.8) is 0 Å². The smallest absolute Gasteiger partial charge is 0.224 e. The first-order valence-corrected chi connectivity index (χ1v) is 6.03. The van der Waals surface area contributed by atoms with Gasteiger partial charge in [-0.25, -0.2) is 0 Å². The Morgan fingerprint density at radius 2 is 2.17 bits per heavy atom. The quantitative estimate of drug-likeness (QED) is 0.803. The van der Waals surface area contributed by atoms with Crippen molar-refractivity contribution in [1.82, 2.24) is 0 Å². The maximum atomic E-state index is 11.7. The molecule has 0 aliphatic carbocycles. The summed E-state index contributed by atoms with van der Waals surface area (Å²) in [5.74, 6) is 5.81. The highest BCUT2D eigenvalue weighted by atomic mass is 16.2. The number of aryl methyl sites for hydroxylation is 1. The van der Waals surface area contributed by atoms with Gasteiger partial charge in [0.25, 0.3) is 0 Å². The van der Waals surface area contributed by atoms with E-state index in [1.54, 1.807) is 0 Å². The molecule has 1 amide bonds. The molecule has 3 heteroatoms. The van der Waals surface area contributed by atoms with E-state index in [1.165, 1.54) is 0 Å². The lowest BCUT2D eigenvalue weighted by atomic mass is 10.1. The molecule has 0 bridgehead atoms. The fraction of sp³-hybridized carbons (Fsp3) is 0.400. The summed E-state index contributed by atoms with van der Waals surface area (Å²) in [6.07, 6.45) is 0.519. The second-order valence-corrected chi connectivity index (χ2v) is 4.64. The van der Waals surface area contributed by atoms with Crippen LogP contribution in [0, 0.1) is 24.7 Å². The molecule has 1 aromatic rings. The second-order valence-electron chi connectivity index (χ2n) is 4.64. The number of nitrogens with one attached hydrogen (secondary N) is 1. The molecule has 0 aliphatic heterocycles. The predicted octanol–water partition coefficient (Wildman–Crippen LogP) is 2.32. The Balaban J connectivity index is 2.77. The molecular formula is C15H19NO2. The van der Waals surface area contributed by atoms with Crippen molar-refractivity contribution in [1.29, 1.82) is 0 Å². The van der Waals surface area contributed by atoms with Gasteiger partial charge < -0.3 is 10.4 Å². The maximum Gasteiger partial charge on any atom is 0.224 e. The van der Waals surface area contributed by atoms with Gasteiger partial charge in [-0.3, -0.25) is 4.79 Å². The third kappa shape index (κ3) is 4.60. The summed E-state index contributed by atoms with van der Waals surface area (Å²) in [5.41, 5.74) is 2.62.